The van der Waals surface area contributed by atoms with Gasteiger partial charge in [-0.15, -0.1) is 0 Å². The molecule has 1 aromatic heterocycles. The summed E-state index contributed by atoms with van der Waals surface area (Å²) >= 11 is 5.97. The van der Waals surface area contributed by atoms with Crippen LogP contribution in [-0.4, -0.2) is 28.6 Å². The van der Waals surface area contributed by atoms with E-state index in [1.165, 1.54) is 0 Å². The van der Waals surface area contributed by atoms with Crippen LogP contribution >= 0.6 is 11.6 Å². The third kappa shape index (κ3) is 3.16. The van der Waals surface area contributed by atoms with E-state index in [0.717, 1.165) is 11.3 Å². The van der Waals surface area contributed by atoms with Crippen molar-refractivity contribution in [3.8, 4) is 11.4 Å². The van der Waals surface area contributed by atoms with Crippen LogP contribution in [0.3, 0.4) is 0 Å². The van der Waals surface area contributed by atoms with Gasteiger partial charge in [0.15, 0.2) is 5.78 Å². The number of anilines is 1. The normalized spacial score (nSPS) is 15.7. The Balaban J connectivity index is 1.77. The number of halogens is 1. The number of carbonyl (C=O) groups is 2. The number of aryl methyl sites for hydroxylation is 1. The molecular weight excluding hydrogens is 378 g/mol. The maximum Gasteiger partial charge on any atom is 0.226 e. The topological polar surface area (TPSA) is 73.2 Å². The highest BCUT2D eigenvalue weighted by Crippen LogP contribution is 2.38. The summed E-state index contributed by atoms with van der Waals surface area (Å²) in [5.74, 6) is 0.290. The van der Waals surface area contributed by atoms with Gasteiger partial charge in [0, 0.05) is 22.6 Å². The van der Waals surface area contributed by atoms with Crippen LogP contribution in [0.2, 0.25) is 5.02 Å². The van der Waals surface area contributed by atoms with Gasteiger partial charge in [-0.25, -0.2) is 4.68 Å². The summed E-state index contributed by atoms with van der Waals surface area (Å²) in [6.07, 6.45) is 0.0883. The smallest absolute Gasteiger partial charge is 0.226 e. The molecule has 2 aromatic carbocycles. The number of fused-ring (bicyclic) bond motifs is 1. The number of hydrogen-bond acceptors (Lipinski definition) is 4. The second-order valence-corrected chi connectivity index (χ2v) is 7.07. The number of hydrogen-bond donors (Lipinski definition) is 1. The second-order valence-electron chi connectivity index (χ2n) is 6.63. The number of benzene rings is 2. The first kappa shape index (κ1) is 18.3. The SMILES string of the molecule is COc1ccc(C(=O)C2CC(=O)Nc3c2c(C)nn3-c2ccc(Cl)cc2)cc1. The molecule has 4 rings (SSSR count). The number of ketones is 1. The molecule has 1 amide bonds. The molecule has 1 unspecified atom stereocenters. The van der Waals surface area contributed by atoms with Crippen molar-refractivity contribution in [2.24, 2.45) is 0 Å². The third-order valence-electron chi connectivity index (χ3n) is 4.86. The quantitative estimate of drug-likeness (QED) is 0.673. The maximum atomic E-state index is 13.2. The Morgan fingerprint density at radius 2 is 1.86 bits per heavy atom. The standard InChI is InChI=1S/C21H18ClN3O3/c1-12-19-17(20(27)13-3-9-16(28-2)10-4-13)11-18(26)23-21(19)25(24-12)15-7-5-14(22)6-8-15/h3-10,17H,11H2,1-2H3,(H,23,26). The van der Waals surface area contributed by atoms with Gasteiger partial charge in [0.2, 0.25) is 5.91 Å². The molecular formula is C21H18ClN3O3. The molecule has 2 heterocycles. The fraction of sp³-hybridized carbons (Fsp3) is 0.190. The minimum atomic E-state index is -0.585. The summed E-state index contributed by atoms with van der Waals surface area (Å²) in [7, 11) is 1.57. The fourth-order valence-electron chi connectivity index (χ4n) is 3.50. The van der Waals surface area contributed by atoms with Crippen molar-refractivity contribution in [1.29, 1.82) is 0 Å². The summed E-state index contributed by atoms with van der Waals surface area (Å²) in [6.45, 7) is 1.84. The summed E-state index contributed by atoms with van der Waals surface area (Å²) in [4.78, 5) is 25.5. The third-order valence-corrected chi connectivity index (χ3v) is 5.12. The van der Waals surface area contributed by atoms with E-state index in [1.807, 2.05) is 19.1 Å². The van der Waals surface area contributed by atoms with E-state index in [2.05, 4.69) is 10.4 Å². The Morgan fingerprint density at radius 1 is 1.18 bits per heavy atom. The van der Waals surface area contributed by atoms with E-state index in [4.69, 9.17) is 16.3 Å². The fourth-order valence-corrected chi connectivity index (χ4v) is 3.62. The Hall–Kier alpha value is -3.12. The first-order chi connectivity index (χ1) is 13.5. The second kappa shape index (κ2) is 7.13. The van der Waals surface area contributed by atoms with Crippen molar-refractivity contribution in [2.75, 3.05) is 12.4 Å². The molecule has 0 radical (unpaired) electrons. The Bertz CT molecular complexity index is 1060. The van der Waals surface area contributed by atoms with Crippen LogP contribution in [0, 0.1) is 6.92 Å². The van der Waals surface area contributed by atoms with Crippen molar-refractivity contribution in [2.45, 2.75) is 19.3 Å². The Morgan fingerprint density at radius 3 is 2.50 bits per heavy atom. The van der Waals surface area contributed by atoms with Gasteiger partial charge in [-0.2, -0.15) is 5.10 Å². The molecule has 6 nitrogen and oxygen atoms in total. The summed E-state index contributed by atoms with van der Waals surface area (Å²) in [6, 6.07) is 14.0. The molecule has 28 heavy (non-hydrogen) atoms. The number of Topliss-reactive ketones (excluding diaryl/α,β-unsaturated/α-hetero) is 1. The van der Waals surface area contributed by atoms with Crippen molar-refractivity contribution in [3.05, 3.63) is 70.4 Å². The minimum Gasteiger partial charge on any atom is -0.497 e. The summed E-state index contributed by atoms with van der Waals surface area (Å²) < 4.78 is 6.79. The van der Waals surface area contributed by atoms with Gasteiger partial charge in [0.25, 0.3) is 0 Å². The molecule has 1 aliphatic rings. The van der Waals surface area contributed by atoms with Crippen LogP contribution in [0.25, 0.3) is 5.69 Å². The zero-order chi connectivity index (χ0) is 19.8. The predicted molar refractivity (Wildman–Crippen MR) is 107 cm³/mol. The van der Waals surface area contributed by atoms with Gasteiger partial charge in [-0.3, -0.25) is 9.59 Å². The van der Waals surface area contributed by atoms with Gasteiger partial charge in [-0.1, -0.05) is 11.6 Å². The Labute approximate surface area is 167 Å². The zero-order valence-corrected chi connectivity index (χ0v) is 16.2. The number of ether oxygens (including phenoxy) is 1. The van der Waals surface area contributed by atoms with Crippen LogP contribution < -0.4 is 10.1 Å². The van der Waals surface area contributed by atoms with E-state index in [9.17, 15) is 9.59 Å². The highest BCUT2D eigenvalue weighted by molar-refractivity contribution is 6.30. The van der Waals surface area contributed by atoms with E-state index < -0.39 is 5.92 Å². The van der Waals surface area contributed by atoms with E-state index in [0.29, 0.717) is 27.8 Å². The van der Waals surface area contributed by atoms with Crippen LogP contribution in [-0.2, 0) is 4.79 Å². The molecule has 0 bridgehead atoms. The number of aromatic nitrogens is 2. The number of rotatable bonds is 4. The predicted octanol–water partition coefficient (Wildman–Crippen LogP) is 4.15. The first-order valence-corrected chi connectivity index (χ1v) is 9.19. The van der Waals surface area contributed by atoms with Gasteiger partial charge in [-0.05, 0) is 55.5 Å². The number of methoxy groups -OCH3 is 1. The molecule has 0 saturated carbocycles. The molecule has 0 spiro atoms. The molecule has 1 N–H and O–H groups in total. The van der Waals surface area contributed by atoms with Gasteiger partial charge in [0.1, 0.15) is 11.6 Å². The van der Waals surface area contributed by atoms with Crippen LogP contribution in [0.15, 0.2) is 48.5 Å². The highest BCUT2D eigenvalue weighted by Gasteiger charge is 2.36. The van der Waals surface area contributed by atoms with Crippen molar-refractivity contribution < 1.29 is 14.3 Å². The van der Waals surface area contributed by atoms with Gasteiger partial charge < -0.3 is 10.1 Å². The Kier molecular flexibility index (Phi) is 4.65. The lowest BCUT2D eigenvalue weighted by Gasteiger charge is -2.23. The lowest BCUT2D eigenvalue weighted by atomic mass is 9.85. The van der Waals surface area contributed by atoms with Crippen LogP contribution in [0.1, 0.15) is 34.0 Å². The van der Waals surface area contributed by atoms with E-state index >= 15 is 0 Å². The number of carbonyl (C=O) groups excluding carboxylic acids is 2. The van der Waals surface area contributed by atoms with Crippen LogP contribution in [0.4, 0.5) is 5.82 Å². The summed E-state index contributed by atoms with van der Waals surface area (Å²) in [5, 5.41) is 8.05. The molecule has 142 valence electrons. The lowest BCUT2D eigenvalue weighted by Crippen LogP contribution is -2.28. The largest absolute Gasteiger partial charge is 0.497 e. The van der Waals surface area contributed by atoms with Crippen molar-refractivity contribution in [1.82, 2.24) is 9.78 Å². The van der Waals surface area contributed by atoms with Crippen LogP contribution in [0.5, 0.6) is 5.75 Å². The van der Waals surface area contributed by atoms with E-state index in [-0.39, 0.29) is 18.1 Å². The molecule has 0 saturated heterocycles. The lowest BCUT2D eigenvalue weighted by molar-refractivity contribution is -0.116. The molecule has 7 heteroatoms. The summed E-state index contributed by atoms with van der Waals surface area (Å²) in [5.41, 5.74) is 2.74. The minimum absolute atomic E-state index is 0.0883. The monoisotopic (exact) mass is 395 g/mol. The first-order valence-electron chi connectivity index (χ1n) is 8.81. The molecule has 0 fully saturated rings. The van der Waals surface area contributed by atoms with Gasteiger partial charge >= 0.3 is 0 Å². The molecule has 1 atom stereocenters. The number of nitrogens with zero attached hydrogens (tertiary/aromatic N) is 2. The van der Waals surface area contributed by atoms with Crippen molar-refractivity contribution >= 4 is 29.1 Å². The molecule has 1 aliphatic heterocycles. The van der Waals surface area contributed by atoms with Gasteiger partial charge in [0.05, 0.1) is 24.4 Å². The average molecular weight is 396 g/mol. The van der Waals surface area contributed by atoms with Crippen molar-refractivity contribution in [3.63, 3.8) is 0 Å². The van der Waals surface area contributed by atoms with E-state index in [1.54, 1.807) is 48.2 Å². The zero-order valence-electron chi connectivity index (χ0n) is 15.4. The number of amides is 1. The molecule has 3 aromatic rings. The average Bonchev–Trinajstić information content (AvgIpc) is 3.03. The highest BCUT2D eigenvalue weighted by atomic mass is 35.5. The number of nitrogens with one attached hydrogen (secondary N) is 1. The maximum absolute atomic E-state index is 13.2. The molecule has 0 aliphatic carbocycles.